The van der Waals surface area contributed by atoms with Crippen LogP contribution in [0.1, 0.15) is 15.9 Å². The van der Waals surface area contributed by atoms with Gasteiger partial charge in [-0.05, 0) is 23.3 Å². The van der Waals surface area contributed by atoms with Crippen LogP contribution in [-0.2, 0) is 6.54 Å². The van der Waals surface area contributed by atoms with Gasteiger partial charge in [0.15, 0.2) is 0 Å². The Bertz CT molecular complexity index is 811. The maximum absolute atomic E-state index is 11.9. The van der Waals surface area contributed by atoms with Gasteiger partial charge >= 0.3 is 0 Å². The first-order valence-corrected chi connectivity index (χ1v) is 7.49. The maximum atomic E-state index is 11.9. The zero-order chi connectivity index (χ0) is 16.2. The van der Waals surface area contributed by atoms with Gasteiger partial charge in [-0.1, -0.05) is 54.1 Å². The highest BCUT2D eigenvalue weighted by Crippen LogP contribution is 2.25. The molecule has 0 saturated heterocycles. The zero-order valence-corrected chi connectivity index (χ0v) is 13.0. The average molecular weight is 327 g/mol. The molecule has 1 heterocycles. The summed E-state index contributed by atoms with van der Waals surface area (Å²) in [6, 6.07) is 17.1. The van der Waals surface area contributed by atoms with E-state index in [0.717, 1.165) is 16.7 Å². The fraction of sp³-hybridized carbons (Fsp3) is 0.0556. The van der Waals surface area contributed by atoms with Gasteiger partial charge in [-0.3, -0.25) is 10.0 Å². The molecule has 1 amide bonds. The molecule has 0 aliphatic heterocycles. The van der Waals surface area contributed by atoms with Gasteiger partial charge in [0.05, 0.1) is 5.56 Å². The van der Waals surface area contributed by atoms with Gasteiger partial charge in [0.1, 0.15) is 0 Å². The Kier molecular flexibility index (Phi) is 4.46. The molecule has 0 radical (unpaired) electrons. The molecule has 0 atom stereocenters. The largest absolute Gasteiger partial charge is 0.348 e. The third kappa shape index (κ3) is 3.44. The van der Waals surface area contributed by atoms with Crippen LogP contribution in [0.2, 0.25) is 5.02 Å². The van der Waals surface area contributed by atoms with Crippen molar-refractivity contribution in [2.45, 2.75) is 6.54 Å². The number of carbonyl (C=O) groups is 1. The van der Waals surface area contributed by atoms with Crippen molar-refractivity contribution in [3.05, 3.63) is 83.1 Å². The van der Waals surface area contributed by atoms with Crippen LogP contribution < -0.4 is 5.48 Å². The third-order valence-corrected chi connectivity index (χ3v) is 3.84. The van der Waals surface area contributed by atoms with Crippen molar-refractivity contribution < 1.29 is 10.0 Å². The summed E-state index contributed by atoms with van der Waals surface area (Å²) >= 11 is 5.90. The Hall–Kier alpha value is -2.56. The Morgan fingerprint density at radius 3 is 2.39 bits per heavy atom. The van der Waals surface area contributed by atoms with Crippen molar-refractivity contribution in [3.8, 4) is 11.1 Å². The molecule has 0 saturated carbocycles. The summed E-state index contributed by atoms with van der Waals surface area (Å²) in [4.78, 5) is 11.9. The van der Waals surface area contributed by atoms with Gasteiger partial charge in [0.25, 0.3) is 5.91 Å². The number of hydrogen-bond acceptors (Lipinski definition) is 2. The smallest absolute Gasteiger partial charge is 0.276 e. The van der Waals surface area contributed by atoms with E-state index in [1.165, 1.54) is 0 Å². The minimum atomic E-state index is -0.529. The molecule has 3 rings (SSSR count). The summed E-state index contributed by atoms with van der Waals surface area (Å²) in [6.07, 6.45) is 3.62. The van der Waals surface area contributed by atoms with Crippen molar-refractivity contribution in [2.24, 2.45) is 0 Å². The number of hydroxylamine groups is 1. The number of nitrogens with one attached hydrogen (secondary N) is 1. The number of hydrogen-bond donors (Lipinski definition) is 2. The molecule has 1 aromatic heterocycles. The highest BCUT2D eigenvalue weighted by molar-refractivity contribution is 6.30. The van der Waals surface area contributed by atoms with Gasteiger partial charge in [0, 0.05) is 29.5 Å². The van der Waals surface area contributed by atoms with E-state index in [0.29, 0.717) is 17.1 Å². The van der Waals surface area contributed by atoms with Crippen LogP contribution in [0.4, 0.5) is 0 Å². The first-order chi connectivity index (χ1) is 11.2. The van der Waals surface area contributed by atoms with E-state index in [-0.39, 0.29) is 0 Å². The van der Waals surface area contributed by atoms with E-state index in [2.05, 4.69) is 0 Å². The number of benzene rings is 2. The van der Waals surface area contributed by atoms with E-state index >= 15 is 0 Å². The van der Waals surface area contributed by atoms with Crippen molar-refractivity contribution in [3.63, 3.8) is 0 Å². The molecule has 2 aromatic carbocycles. The maximum Gasteiger partial charge on any atom is 0.276 e. The number of nitrogens with zero attached hydrogens (tertiary/aromatic N) is 1. The average Bonchev–Trinajstić information content (AvgIpc) is 3.01. The number of carbonyl (C=O) groups excluding carboxylic acids is 1. The Labute approximate surface area is 138 Å². The zero-order valence-electron chi connectivity index (χ0n) is 12.2. The molecular weight excluding hydrogens is 312 g/mol. The van der Waals surface area contributed by atoms with Gasteiger partial charge < -0.3 is 4.57 Å². The lowest BCUT2D eigenvalue weighted by Crippen LogP contribution is -2.18. The molecule has 0 spiro atoms. The van der Waals surface area contributed by atoms with Crippen LogP contribution in [0, 0.1) is 0 Å². The first-order valence-electron chi connectivity index (χ1n) is 7.11. The van der Waals surface area contributed by atoms with Crippen LogP contribution in [0.5, 0.6) is 0 Å². The topological polar surface area (TPSA) is 54.3 Å². The molecule has 0 unspecified atom stereocenters. The third-order valence-electron chi connectivity index (χ3n) is 3.59. The molecule has 3 aromatic rings. The van der Waals surface area contributed by atoms with Gasteiger partial charge in [-0.2, -0.15) is 0 Å². The van der Waals surface area contributed by atoms with E-state index in [4.69, 9.17) is 16.8 Å². The fourth-order valence-electron chi connectivity index (χ4n) is 2.49. The highest BCUT2D eigenvalue weighted by Gasteiger charge is 2.15. The van der Waals surface area contributed by atoms with Crippen LogP contribution in [0.3, 0.4) is 0 Å². The van der Waals surface area contributed by atoms with Crippen LogP contribution in [0.15, 0.2) is 67.0 Å². The molecule has 5 heteroatoms. The summed E-state index contributed by atoms with van der Waals surface area (Å²) in [7, 11) is 0. The molecule has 116 valence electrons. The molecule has 0 fully saturated rings. The normalized spacial score (nSPS) is 10.5. The van der Waals surface area contributed by atoms with Crippen molar-refractivity contribution in [2.75, 3.05) is 0 Å². The second-order valence-corrected chi connectivity index (χ2v) is 5.63. The molecule has 2 N–H and O–H groups in total. The highest BCUT2D eigenvalue weighted by atomic mass is 35.5. The van der Waals surface area contributed by atoms with Crippen LogP contribution >= 0.6 is 11.6 Å². The quantitative estimate of drug-likeness (QED) is 0.563. The Balaban J connectivity index is 1.97. The minimum absolute atomic E-state index is 0.424. The van der Waals surface area contributed by atoms with Gasteiger partial charge in [0.2, 0.25) is 0 Å². The summed E-state index contributed by atoms with van der Waals surface area (Å²) < 4.78 is 1.91. The fourth-order valence-corrected chi connectivity index (χ4v) is 2.61. The molecule has 0 bridgehead atoms. The summed E-state index contributed by atoms with van der Waals surface area (Å²) in [6.45, 7) is 0.607. The lowest BCUT2D eigenvalue weighted by Gasteiger charge is -2.03. The first kappa shape index (κ1) is 15.3. The standard InChI is InChI=1S/C18H15ClN2O2/c19-15-8-6-13(7-9-15)10-21-11-16(14-4-2-1-3-5-14)17(12-21)18(22)20-23/h1-9,11-12,23H,10H2,(H,20,22). The summed E-state index contributed by atoms with van der Waals surface area (Å²) in [5.41, 5.74) is 4.89. The Morgan fingerprint density at radius 2 is 1.74 bits per heavy atom. The van der Waals surface area contributed by atoms with E-state index in [9.17, 15) is 4.79 Å². The predicted molar refractivity (Wildman–Crippen MR) is 89.7 cm³/mol. The predicted octanol–water partition coefficient (Wildman–Crippen LogP) is 3.98. The van der Waals surface area contributed by atoms with Gasteiger partial charge in [-0.15, -0.1) is 0 Å². The number of amides is 1. The summed E-state index contributed by atoms with van der Waals surface area (Å²) in [5, 5.41) is 9.65. The molecular formula is C18H15ClN2O2. The lowest BCUT2D eigenvalue weighted by molar-refractivity contribution is 0.0707. The SMILES string of the molecule is O=C(NO)c1cn(Cc2ccc(Cl)cc2)cc1-c1ccccc1. The molecule has 23 heavy (non-hydrogen) atoms. The second-order valence-electron chi connectivity index (χ2n) is 5.19. The monoisotopic (exact) mass is 326 g/mol. The van der Waals surface area contributed by atoms with E-state index in [1.807, 2.05) is 65.4 Å². The summed E-state index contributed by atoms with van der Waals surface area (Å²) in [5.74, 6) is -0.529. The molecule has 0 aliphatic rings. The van der Waals surface area contributed by atoms with Crippen molar-refractivity contribution in [1.29, 1.82) is 0 Å². The van der Waals surface area contributed by atoms with E-state index < -0.39 is 5.91 Å². The number of halogens is 1. The number of rotatable bonds is 4. The van der Waals surface area contributed by atoms with Crippen LogP contribution in [-0.4, -0.2) is 15.7 Å². The van der Waals surface area contributed by atoms with Crippen LogP contribution in [0.25, 0.3) is 11.1 Å². The molecule has 4 nitrogen and oxygen atoms in total. The van der Waals surface area contributed by atoms with Crippen molar-refractivity contribution in [1.82, 2.24) is 10.0 Å². The van der Waals surface area contributed by atoms with E-state index in [1.54, 1.807) is 11.7 Å². The molecule has 0 aliphatic carbocycles. The Morgan fingerprint density at radius 1 is 1.04 bits per heavy atom. The number of aromatic nitrogens is 1. The van der Waals surface area contributed by atoms with Gasteiger partial charge in [-0.25, -0.2) is 5.48 Å². The van der Waals surface area contributed by atoms with Crippen molar-refractivity contribution >= 4 is 17.5 Å². The minimum Gasteiger partial charge on any atom is -0.348 e. The second kappa shape index (κ2) is 6.69. The lowest BCUT2D eigenvalue weighted by atomic mass is 10.0.